The van der Waals surface area contributed by atoms with Crippen molar-refractivity contribution in [1.29, 1.82) is 0 Å². The molecular weight excluding hydrogens is 436 g/mol. The van der Waals surface area contributed by atoms with E-state index in [-0.39, 0.29) is 17.5 Å². The van der Waals surface area contributed by atoms with Crippen LogP contribution in [0.3, 0.4) is 0 Å². The summed E-state index contributed by atoms with van der Waals surface area (Å²) in [4.78, 5) is 25.9. The van der Waals surface area contributed by atoms with Crippen LogP contribution in [0.25, 0.3) is 11.4 Å². The van der Waals surface area contributed by atoms with E-state index in [0.717, 1.165) is 22.4 Å². The number of rotatable bonds is 2. The first-order valence-corrected chi connectivity index (χ1v) is 10.5. The van der Waals surface area contributed by atoms with Crippen molar-refractivity contribution in [1.82, 2.24) is 40.2 Å². The molecule has 34 heavy (non-hydrogen) atoms. The molecule has 0 saturated heterocycles. The van der Waals surface area contributed by atoms with Gasteiger partial charge in [-0.2, -0.15) is 10.1 Å². The second-order valence-electron chi connectivity index (χ2n) is 7.73. The number of pyridine rings is 1. The molecule has 12 heteroatoms. The van der Waals surface area contributed by atoms with Crippen LogP contribution in [0.15, 0.2) is 36.7 Å². The average molecular weight is 458 g/mol. The van der Waals surface area contributed by atoms with Crippen molar-refractivity contribution in [3.8, 4) is 11.4 Å². The molecule has 12 nitrogen and oxygen atoms in total. The van der Waals surface area contributed by atoms with Crippen LogP contribution >= 0.6 is 0 Å². The number of aryl methyl sites for hydroxylation is 1. The van der Waals surface area contributed by atoms with Gasteiger partial charge in [-0.05, 0) is 42.3 Å². The maximum Gasteiger partial charge on any atom is 0.275 e. The van der Waals surface area contributed by atoms with E-state index in [0.29, 0.717) is 30.5 Å². The van der Waals surface area contributed by atoms with Crippen LogP contribution in [-0.2, 0) is 25.0 Å². The number of hydrogen-bond acceptors (Lipinski definition) is 10. The minimum atomic E-state index is -0.418. The summed E-state index contributed by atoms with van der Waals surface area (Å²) in [6.07, 6.45) is 1.64. The number of hydrogen-bond donors (Lipinski definition) is 3. The van der Waals surface area contributed by atoms with Gasteiger partial charge in [-0.25, -0.2) is 9.97 Å². The van der Waals surface area contributed by atoms with Crippen LogP contribution in [0.5, 0.6) is 0 Å². The Bertz CT molecular complexity index is 1380. The minimum absolute atomic E-state index is 0.0559. The van der Waals surface area contributed by atoms with E-state index < -0.39 is 5.91 Å². The van der Waals surface area contributed by atoms with Gasteiger partial charge < -0.3 is 20.7 Å². The number of aromatic nitrogens is 7. The Labute approximate surface area is 194 Å². The summed E-state index contributed by atoms with van der Waals surface area (Å²) in [7, 11) is 3.34. The summed E-state index contributed by atoms with van der Waals surface area (Å²) in [5, 5.41) is 21.5. The Morgan fingerprint density at radius 2 is 2.03 bits per heavy atom. The molecule has 1 aromatic carbocycles. The summed E-state index contributed by atoms with van der Waals surface area (Å²) >= 11 is 0. The van der Waals surface area contributed by atoms with Gasteiger partial charge in [0.1, 0.15) is 12.1 Å². The van der Waals surface area contributed by atoms with Crippen LogP contribution in [0.4, 0.5) is 23.3 Å². The molecule has 0 saturated carbocycles. The summed E-state index contributed by atoms with van der Waals surface area (Å²) in [5.74, 6) is 1.13. The van der Waals surface area contributed by atoms with Crippen LogP contribution in [0.1, 0.15) is 27.3 Å². The van der Waals surface area contributed by atoms with Gasteiger partial charge in [0.2, 0.25) is 5.95 Å². The van der Waals surface area contributed by atoms with Crippen LogP contribution in [0, 0.1) is 6.92 Å². The first-order valence-electron chi connectivity index (χ1n) is 10.5. The molecule has 4 heterocycles. The number of anilines is 4. The minimum Gasteiger partial charge on any atom is -0.370 e. The Balaban J connectivity index is 1.67. The second-order valence-corrected chi connectivity index (χ2v) is 7.73. The standard InChI is InChI=1S/C22H22N10O2/c1-12-15(19-24-11-32(3)31-19)7-13-8-16(12)26-20-18(21(33)23-2)29-30-22(28-20)27-17-6-4-5-14(25-17)10-34-9-13/h4-8,11H,9-10H2,1-3H3,(H,23,33)(H2,25,26,27,28,30). The lowest BCUT2D eigenvalue weighted by atomic mass is 10.0. The Morgan fingerprint density at radius 1 is 1.15 bits per heavy atom. The van der Waals surface area contributed by atoms with Gasteiger partial charge in [-0.3, -0.25) is 9.48 Å². The van der Waals surface area contributed by atoms with E-state index in [9.17, 15) is 4.79 Å². The zero-order valence-corrected chi connectivity index (χ0v) is 18.8. The highest BCUT2D eigenvalue weighted by molar-refractivity contribution is 5.97. The summed E-state index contributed by atoms with van der Waals surface area (Å²) in [5.41, 5.74) is 4.12. The fraction of sp³-hybridized carbons (Fsp3) is 0.227. The highest BCUT2D eigenvalue weighted by Crippen LogP contribution is 2.31. The number of carbonyl (C=O) groups is 1. The zero-order valence-electron chi connectivity index (χ0n) is 18.8. The summed E-state index contributed by atoms with van der Waals surface area (Å²) < 4.78 is 7.60. The van der Waals surface area contributed by atoms with Gasteiger partial charge in [0.05, 0.1) is 18.9 Å². The van der Waals surface area contributed by atoms with E-state index >= 15 is 0 Å². The maximum atomic E-state index is 12.5. The van der Waals surface area contributed by atoms with Gasteiger partial charge >= 0.3 is 0 Å². The molecule has 1 aliphatic heterocycles. The van der Waals surface area contributed by atoms with E-state index in [4.69, 9.17) is 4.74 Å². The third kappa shape index (κ3) is 4.26. The van der Waals surface area contributed by atoms with Crippen LogP contribution < -0.4 is 16.0 Å². The Hall–Kier alpha value is -4.45. The Morgan fingerprint density at radius 3 is 2.82 bits per heavy atom. The third-order valence-electron chi connectivity index (χ3n) is 5.26. The number of nitrogens with one attached hydrogen (secondary N) is 3. The van der Waals surface area contributed by atoms with Crippen molar-refractivity contribution in [3.05, 3.63) is 59.2 Å². The number of benzene rings is 1. The number of ether oxygens (including phenoxy) is 1. The monoisotopic (exact) mass is 458 g/mol. The lowest BCUT2D eigenvalue weighted by Gasteiger charge is -2.17. The first kappa shape index (κ1) is 21.4. The summed E-state index contributed by atoms with van der Waals surface area (Å²) in [6, 6.07) is 9.47. The highest BCUT2D eigenvalue weighted by Gasteiger charge is 2.20. The molecule has 0 aliphatic carbocycles. The molecule has 0 fully saturated rings. The molecule has 1 aliphatic rings. The highest BCUT2D eigenvalue weighted by atomic mass is 16.5. The molecule has 3 N–H and O–H groups in total. The van der Waals surface area contributed by atoms with Crippen molar-refractivity contribution in [2.75, 3.05) is 17.7 Å². The van der Waals surface area contributed by atoms with Crippen molar-refractivity contribution in [2.45, 2.75) is 20.1 Å². The number of nitrogens with zero attached hydrogens (tertiary/aromatic N) is 7. The number of fused-ring (bicyclic) bond motifs is 6. The Kier molecular flexibility index (Phi) is 5.55. The predicted molar refractivity (Wildman–Crippen MR) is 124 cm³/mol. The quantitative estimate of drug-likeness (QED) is 0.409. The molecule has 0 atom stereocenters. The van der Waals surface area contributed by atoms with Crippen LogP contribution in [0.2, 0.25) is 0 Å². The van der Waals surface area contributed by atoms with Gasteiger partial charge in [-0.1, -0.05) is 6.07 Å². The smallest absolute Gasteiger partial charge is 0.275 e. The maximum absolute atomic E-state index is 12.5. The van der Waals surface area contributed by atoms with Gasteiger partial charge in [0.25, 0.3) is 5.91 Å². The molecule has 5 rings (SSSR count). The molecule has 0 radical (unpaired) electrons. The molecule has 0 unspecified atom stereocenters. The molecule has 172 valence electrons. The molecule has 6 bridgehead atoms. The van der Waals surface area contributed by atoms with E-state index in [1.54, 1.807) is 17.1 Å². The van der Waals surface area contributed by atoms with Gasteiger partial charge in [-0.15, -0.1) is 10.2 Å². The predicted octanol–water partition coefficient (Wildman–Crippen LogP) is 2.25. The SMILES string of the molecule is CNC(=O)c1nnc2nc1Nc1cc(cc(-c3ncn(C)n3)c1C)COCc1cccc(n1)N2. The molecule has 4 aromatic rings. The van der Waals surface area contributed by atoms with Crippen molar-refractivity contribution < 1.29 is 9.53 Å². The molecule has 1 amide bonds. The lowest BCUT2D eigenvalue weighted by Crippen LogP contribution is -2.22. The zero-order chi connectivity index (χ0) is 23.7. The fourth-order valence-corrected chi connectivity index (χ4v) is 3.56. The van der Waals surface area contributed by atoms with Crippen molar-refractivity contribution >= 4 is 29.2 Å². The largest absolute Gasteiger partial charge is 0.370 e. The van der Waals surface area contributed by atoms with Gasteiger partial charge in [0.15, 0.2) is 17.3 Å². The van der Waals surface area contributed by atoms with Crippen LogP contribution in [-0.4, -0.2) is 47.9 Å². The second kappa shape index (κ2) is 8.83. The van der Waals surface area contributed by atoms with Gasteiger partial charge in [0, 0.05) is 25.3 Å². The van der Waals surface area contributed by atoms with E-state index in [2.05, 4.69) is 46.2 Å². The van der Waals surface area contributed by atoms with Crippen molar-refractivity contribution in [3.63, 3.8) is 0 Å². The number of amides is 1. The summed E-state index contributed by atoms with van der Waals surface area (Å²) in [6.45, 7) is 2.61. The average Bonchev–Trinajstić information content (AvgIpc) is 3.26. The lowest BCUT2D eigenvalue weighted by molar-refractivity contribution is 0.0957. The molecule has 0 spiro atoms. The third-order valence-corrected chi connectivity index (χ3v) is 5.26. The fourth-order valence-electron chi connectivity index (χ4n) is 3.56. The van der Waals surface area contributed by atoms with E-state index in [1.165, 1.54) is 7.05 Å². The normalized spacial score (nSPS) is 12.8. The molecule has 3 aromatic heterocycles. The van der Waals surface area contributed by atoms with E-state index in [1.807, 2.05) is 38.2 Å². The molecular formula is C22H22N10O2. The van der Waals surface area contributed by atoms with Crippen molar-refractivity contribution in [2.24, 2.45) is 7.05 Å². The number of carbonyl (C=O) groups excluding carboxylic acids is 1. The topological polar surface area (TPSA) is 145 Å². The first-order chi connectivity index (χ1) is 16.5.